The number of carboxylic acid groups (broad SMARTS) is 3. The zero-order chi connectivity index (χ0) is 26.4. The predicted molar refractivity (Wildman–Crippen MR) is 122 cm³/mol. The topological polar surface area (TPSA) is 193 Å². The maximum Gasteiger partial charge on any atom is 0.339 e. The third-order valence-electron chi connectivity index (χ3n) is 5.85. The Labute approximate surface area is 198 Å². The number of hydrogen-bond acceptors (Lipinski definition) is 7. The molecule has 0 spiro atoms. The molecule has 3 aromatic rings. The van der Waals surface area contributed by atoms with Crippen LogP contribution in [0.5, 0.6) is 17.2 Å². The molecule has 0 aliphatic heterocycles. The molecule has 7 N–H and O–H groups in total. The van der Waals surface area contributed by atoms with Crippen LogP contribution in [-0.4, -0.2) is 53.7 Å². The Morgan fingerprint density at radius 3 is 0.971 bits per heavy atom. The fourth-order valence-electron chi connectivity index (χ4n) is 3.95. The van der Waals surface area contributed by atoms with Crippen molar-refractivity contribution in [3.8, 4) is 17.2 Å². The quantitative estimate of drug-likeness (QED) is 0.257. The molecule has 0 unspecified atom stereocenters. The molecular formula is C25H22O10. The standard InChI is InChI=1S/C25H22O10/c1-10-4-13(7-16(19(10)26)22(29)30)25(35,14-5-11(2)20(27)17(8-14)23(31)32)15-6-12(3)21(28)18(9-15)24(33)34/h4-9,26-28,35H,1-3H3,(H,29,30)(H,31,32)(H,33,34). The van der Waals surface area contributed by atoms with Gasteiger partial charge in [-0.3, -0.25) is 0 Å². The number of phenols is 3. The molecule has 0 fully saturated rings. The van der Waals surface area contributed by atoms with Crippen LogP contribution in [0.2, 0.25) is 0 Å². The van der Waals surface area contributed by atoms with Gasteiger partial charge in [-0.25, -0.2) is 14.4 Å². The van der Waals surface area contributed by atoms with Crippen LogP contribution in [0.3, 0.4) is 0 Å². The number of aromatic carboxylic acids is 3. The highest BCUT2D eigenvalue weighted by Gasteiger charge is 2.38. The predicted octanol–water partition coefficient (Wildman–Crippen LogP) is 3.11. The molecule has 0 bridgehead atoms. The Morgan fingerprint density at radius 1 is 0.543 bits per heavy atom. The van der Waals surface area contributed by atoms with Gasteiger partial charge in [0.1, 0.15) is 39.5 Å². The van der Waals surface area contributed by atoms with Gasteiger partial charge in [0.2, 0.25) is 0 Å². The molecule has 0 aliphatic carbocycles. The van der Waals surface area contributed by atoms with Gasteiger partial charge in [0, 0.05) is 0 Å². The molecule has 3 rings (SSSR count). The van der Waals surface area contributed by atoms with Gasteiger partial charge >= 0.3 is 17.9 Å². The fourth-order valence-corrected chi connectivity index (χ4v) is 3.95. The third-order valence-corrected chi connectivity index (χ3v) is 5.85. The van der Waals surface area contributed by atoms with E-state index < -0.39 is 57.4 Å². The van der Waals surface area contributed by atoms with Crippen LogP contribution in [0.15, 0.2) is 36.4 Å². The molecule has 0 amide bonds. The fraction of sp³-hybridized carbons (Fsp3) is 0.160. The Morgan fingerprint density at radius 2 is 0.771 bits per heavy atom. The first kappa shape index (κ1) is 25.1. The lowest BCUT2D eigenvalue weighted by Crippen LogP contribution is -2.30. The van der Waals surface area contributed by atoms with Crippen molar-refractivity contribution in [3.05, 3.63) is 86.5 Å². The number of benzene rings is 3. The van der Waals surface area contributed by atoms with Gasteiger partial charge in [0.05, 0.1) is 0 Å². The van der Waals surface area contributed by atoms with Crippen LogP contribution in [0, 0.1) is 20.8 Å². The van der Waals surface area contributed by atoms with Crippen molar-refractivity contribution in [2.45, 2.75) is 26.4 Å². The van der Waals surface area contributed by atoms with E-state index in [1.807, 2.05) is 0 Å². The van der Waals surface area contributed by atoms with Gasteiger partial charge in [0.15, 0.2) is 0 Å². The molecule has 0 heterocycles. The average Bonchev–Trinajstić information content (AvgIpc) is 2.77. The van der Waals surface area contributed by atoms with E-state index in [1.54, 1.807) is 0 Å². The lowest BCUT2D eigenvalue weighted by Gasteiger charge is -2.32. The normalized spacial score (nSPS) is 11.3. The summed E-state index contributed by atoms with van der Waals surface area (Å²) in [5, 5.41) is 71.5. The van der Waals surface area contributed by atoms with E-state index in [1.165, 1.54) is 39.0 Å². The molecule has 35 heavy (non-hydrogen) atoms. The lowest BCUT2D eigenvalue weighted by molar-refractivity contribution is 0.0682. The summed E-state index contributed by atoms with van der Waals surface area (Å²) in [5.74, 6) is -6.16. The summed E-state index contributed by atoms with van der Waals surface area (Å²) in [6, 6.07) is 6.76. The molecule has 10 nitrogen and oxygen atoms in total. The third kappa shape index (κ3) is 4.11. The summed E-state index contributed by atoms with van der Waals surface area (Å²) >= 11 is 0. The molecule has 0 saturated heterocycles. The lowest BCUT2D eigenvalue weighted by atomic mass is 9.77. The van der Waals surface area contributed by atoms with E-state index in [9.17, 15) is 50.1 Å². The van der Waals surface area contributed by atoms with Gasteiger partial charge in [-0.15, -0.1) is 0 Å². The zero-order valence-electron chi connectivity index (χ0n) is 18.8. The first-order valence-electron chi connectivity index (χ1n) is 10.1. The molecule has 0 radical (unpaired) electrons. The van der Waals surface area contributed by atoms with Crippen LogP contribution >= 0.6 is 0 Å². The van der Waals surface area contributed by atoms with Crippen molar-refractivity contribution in [1.82, 2.24) is 0 Å². The van der Waals surface area contributed by atoms with Crippen molar-refractivity contribution >= 4 is 17.9 Å². The van der Waals surface area contributed by atoms with Crippen LogP contribution in [0.4, 0.5) is 0 Å². The molecular weight excluding hydrogens is 460 g/mol. The van der Waals surface area contributed by atoms with E-state index in [2.05, 4.69) is 0 Å². The summed E-state index contributed by atoms with van der Waals surface area (Å²) in [5.41, 5.74) is -4.21. The van der Waals surface area contributed by atoms with Crippen molar-refractivity contribution < 1.29 is 50.1 Å². The monoisotopic (exact) mass is 482 g/mol. The zero-order valence-corrected chi connectivity index (χ0v) is 18.8. The van der Waals surface area contributed by atoms with Crippen LogP contribution in [0.1, 0.15) is 64.5 Å². The van der Waals surface area contributed by atoms with Crippen molar-refractivity contribution in [1.29, 1.82) is 0 Å². The summed E-state index contributed by atoms with van der Waals surface area (Å²) < 4.78 is 0. The minimum absolute atomic E-state index is 0.0706. The maximum absolute atomic E-state index is 12.2. The highest BCUT2D eigenvalue weighted by Crippen LogP contribution is 2.43. The summed E-state index contributed by atoms with van der Waals surface area (Å²) in [4.78, 5) is 35.2. The minimum Gasteiger partial charge on any atom is -0.507 e. The second-order valence-corrected chi connectivity index (χ2v) is 8.19. The smallest absolute Gasteiger partial charge is 0.339 e. The SMILES string of the molecule is Cc1cc(C(O)(c2cc(C)c(O)c(C(=O)O)c2)c2cc(C)c(O)c(C(=O)O)c2)cc(C(=O)O)c1O. The second kappa shape index (κ2) is 8.65. The van der Waals surface area contributed by atoms with E-state index >= 15 is 0 Å². The number of aryl methyl sites for hydroxylation is 3. The van der Waals surface area contributed by atoms with Gasteiger partial charge in [-0.1, -0.05) is 0 Å². The highest BCUT2D eigenvalue weighted by atomic mass is 16.4. The molecule has 0 aromatic heterocycles. The Kier molecular flexibility index (Phi) is 6.20. The van der Waals surface area contributed by atoms with Crippen molar-refractivity contribution in [2.75, 3.05) is 0 Å². The van der Waals surface area contributed by atoms with E-state index in [0.29, 0.717) is 0 Å². The summed E-state index contributed by atoms with van der Waals surface area (Å²) in [7, 11) is 0. The molecule has 0 saturated carbocycles. The number of rotatable bonds is 6. The van der Waals surface area contributed by atoms with Gasteiger partial charge in [0.25, 0.3) is 0 Å². The Hall–Kier alpha value is -4.57. The van der Waals surface area contributed by atoms with Crippen LogP contribution in [-0.2, 0) is 5.60 Å². The molecule has 0 aliphatic rings. The van der Waals surface area contributed by atoms with Gasteiger partial charge in [-0.05, 0) is 90.6 Å². The van der Waals surface area contributed by atoms with E-state index in [0.717, 1.165) is 18.2 Å². The largest absolute Gasteiger partial charge is 0.507 e. The van der Waals surface area contributed by atoms with Gasteiger partial charge in [-0.2, -0.15) is 0 Å². The first-order valence-corrected chi connectivity index (χ1v) is 10.1. The Bertz CT molecular complexity index is 1240. The number of aromatic hydroxyl groups is 3. The maximum atomic E-state index is 12.2. The Balaban J connectivity index is 2.53. The molecule has 3 aromatic carbocycles. The molecule has 182 valence electrons. The number of aliphatic hydroxyl groups is 1. The molecule has 0 atom stereocenters. The van der Waals surface area contributed by atoms with E-state index in [4.69, 9.17) is 0 Å². The first-order chi connectivity index (χ1) is 16.2. The number of carbonyl (C=O) groups is 3. The average molecular weight is 482 g/mol. The number of carboxylic acids is 3. The second-order valence-electron chi connectivity index (χ2n) is 8.19. The van der Waals surface area contributed by atoms with Crippen molar-refractivity contribution in [3.63, 3.8) is 0 Å². The van der Waals surface area contributed by atoms with Gasteiger partial charge < -0.3 is 35.7 Å². The van der Waals surface area contributed by atoms with E-state index in [-0.39, 0.29) is 33.4 Å². The van der Waals surface area contributed by atoms with Crippen LogP contribution in [0.25, 0.3) is 0 Å². The molecule has 10 heteroatoms. The minimum atomic E-state index is -2.37. The summed E-state index contributed by atoms with van der Waals surface area (Å²) in [6.07, 6.45) is 0. The summed E-state index contributed by atoms with van der Waals surface area (Å²) in [6.45, 7) is 4.17. The van der Waals surface area contributed by atoms with Crippen LogP contribution < -0.4 is 0 Å². The van der Waals surface area contributed by atoms with Crippen molar-refractivity contribution in [2.24, 2.45) is 0 Å². The number of hydrogen-bond donors (Lipinski definition) is 7. The highest BCUT2D eigenvalue weighted by molar-refractivity contribution is 5.93.